The van der Waals surface area contributed by atoms with Crippen LogP contribution in [0.5, 0.6) is 0 Å². The van der Waals surface area contributed by atoms with Crippen LogP contribution in [0.15, 0.2) is 12.1 Å². The van der Waals surface area contributed by atoms with Crippen molar-refractivity contribution < 1.29 is 0 Å². The van der Waals surface area contributed by atoms with E-state index in [0.717, 1.165) is 23.6 Å². The molecule has 0 spiro atoms. The minimum absolute atomic E-state index is 0.466. The molecule has 0 unspecified atom stereocenters. The van der Waals surface area contributed by atoms with E-state index < -0.39 is 0 Å². The molecule has 0 saturated heterocycles. The Bertz CT molecular complexity index is 358. The van der Waals surface area contributed by atoms with Gasteiger partial charge in [0.25, 0.3) is 0 Å². The van der Waals surface area contributed by atoms with E-state index in [1.54, 1.807) is 0 Å². The Hall–Kier alpha value is -1.09. The van der Waals surface area contributed by atoms with Crippen LogP contribution in [-0.2, 0) is 6.54 Å². The second-order valence-corrected chi connectivity index (χ2v) is 5.26. The molecule has 1 aromatic rings. The lowest BCUT2D eigenvalue weighted by molar-refractivity contribution is 0.565. The van der Waals surface area contributed by atoms with E-state index in [1.807, 2.05) is 6.92 Å². The molecule has 0 aliphatic rings. The third-order valence-electron chi connectivity index (χ3n) is 2.88. The molecule has 0 fully saturated rings. The molecule has 1 heterocycles. The van der Waals surface area contributed by atoms with E-state index in [9.17, 15) is 0 Å². The van der Waals surface area contributed by atoms with E-state index in [-0.39, 0.29) is 0 Å². The van der Waals surface area contributed by atoms with Crippen molar-refractivity contribution in [3.8, 4) is 0 Å². The SMILES string of the molecule is Cc1nc(N(CC(C)C)C(C)C)ccc1CN. The summed E-state index contributed by atoms with van der Waals surface area (Å²) in [6, 6.07) is 4.64. The topological polar surface area (TPSA) is 42.2 Å². The third kappa shape index (κ3) is 3.70. The molecule has 1 aromatic heterocycles. The van der Waals surface area contributed by atoms with Crippen molar-refractivity contribution >= 4 is 5.82 Å². The van der Waals surface area contributed by atoms with Gasteiger partial charge in [-0.3, -0.25) is 0 Å². The van der Waals surface area contributed by atoms with Crippen LogP contribution in [0, 0.1) is 12.8 Å². The summed E-state index contributed by atoms with van der Waals surface area (Å²) in [5, 5.41) is 0. The first-order valence-corrected chi connectivity index (χ1v) is 6.39. The second-order valence-electron chi connectivity index (χ2n) is 5.26. The fraction of sp³-hybridized carbons (Fsp3) is 0.643. The van der Waals surface area contributed by atoms with Crippen LogP contribution in [0.3, 0.4) is 0 Å². The fourth-order valence-electron chi connectivity index (χ4n) is 1.91. The van der Waals surface area contributed by atoms with Crippen molar-refractivity contribution in [2.24, 2.45) is 11.7 Å². The summed E-state index contributed by atoms with van der Waals surface area (Å²) in [5.41, 5.74) is 7.83. The number of hydrogen-bond acceptors (Lipinski definition) is 3. The lowest BCUT2D eigenvalue weighted by Crippen LogP contribution is -2.35. The van der Waals surface area contributed by atoms with Gasteiger partial charge in [-0.15, -0.1) is 0 Å². The van der Waals surface area contributed by atoms with Crippen molar-refractivity contribution in [1.29, 1.82) is 0 Å². The van der Waals surface area contributed by atoms with Gasteiger partial charge in [0.15, 0.2) is 0 Å². The van der Waals surface area contributed by atoms with Crippen LogP contribution < -0.4 is 10.6 Å². The molecular weight excluding hydrogens is 210 g/mol. The maximum atomic E-state index is 5.66. The highest BCUT2D eigenvalue weighted by atomic mass is 15.2. The van der Waals surface area contributed by atoms with Gasteiger partial charge in [-0.25, -0.2) is 4.98 Å². The Balaban J connectivity index is 2.98. The second kappa shape index (κ2) is 6.01. The molecular formula is C14H25N3. The number of aromatic nitrogens is 1. The monoisotopic (exact) mass is 235 g/mol. The highest BCUT2D eigenvalue weighted by Gasteiger charge is 2.14. The molecule has 96 valence electrons. The van der Waals surface area contributed by atoms with Crippen LogP contribution in [-0.4, -0.2) is 17.6 Å². The zero-order valence-corrected chi connectivity index (χ0v) is 11.7. The number of anilines is 1. The number of nitrogens with zero attached hydrogens (tertiary/aromatic N) is 2. The molecule has 0 amide bonds. The minimum Gasteiger partial charge on any atom is -0.354 e. The van der Waals surface area contributed by atoms with Crippen molar-refractivity contribution in [3.63, 3.8) is 0 Å². The molecule has 17 heavy (non-hydrogen) atoms. The highest BCUT2D eigenvalue weighted by Crippen LogP contribution is 2.18. The summed E-state index contributed by atoms with van der Waals surface area (Å²) in [4.78, 5) is 7.01. The van der Waals surface area contributed by atoms with Crippen molar-refractivity contribution in [3.05, 3.63) is 23.4 Å². The first kappa shape index (κ1) is 14.0. The molecule has 3 heteroatoms. The van der Waals surface area contributed by atoms with E-state index in [0.29, 0.717) is 18.5 Å². The van der Waals surface area contributed by atoms with E-state index >= 15 is 0 Å². The zero-order chi connectivity index (χ0) is 13.0. The molecule has 0 radical (unpaired) electrons. The molecule has 2 N–H and O–H groups in total. The van der Waals surface area contributed by atoms with Gasteiger partial charge in [0.2, 0.25) is 0 Å². The van der Waals surface area contributed by atoms with Crippen LogP contribution >= 0.6 is 0 Å². The summed E-state index contributed by atoms with van der Waals surface area (Å²) in [6.07, 6.45) is 0. The Morgan fingerprint density at radius 2 is 1.88 bits per heavy atom. The van der Waals surface area contributed by atoms with Crippen LogP contribution in [0.4, 0.5) is 5.82 Å². The molecule has 0 bridgehead atoms. The number of pyridine rings is 1. The summed E-state index contributed by atoms with van der Waals surface area (Å²) in [6.45, 7) is 12.5. The maximum absolute atomic E-state index is 5.66. The maximum Gasteiger partial charge on any atom is 0.129 e. The molecule has 1 rings (SSSR count). The molecule has 0 aliphatic heterocycles. The predicted molar refractivity (Wildman–Crippen MR) is 74.2 cm³/mol. The Kier molecular flexibility index (Phi) is 4.94. The fourth-order valence-corrected chi connectivity index (χ4v) is 1.91. The lowest BCUT2D eigenvalue weighted by Gasteiger charge is -2.30. The Labute approximate surface area is 105 Å². The Morgan fingerprint density at radius 3 is 2.29 bits per heavy atom. The summed E-state index contributed by atoms with van der Waals surface area (Å²) < 4.78 is 0. The number of rotatable bonds is 5. The van der Waals surface area contributed by atoms with Crippen LogP contribution in [0.1, 0.15) is 39.0 Å². The average Bonchev–Trinajstić information content (AvgIpc) is 2.25. The average molecular weight is 235 g/mol. The Morgan fingerprint density at radius 1 is 1.24 bits per heavy atom. The summed E-state index contributed by atoms with van der Waals surface area (Å²) in [7, 11) is 0. The van der Waals surface area contributed by atoms with Gasteiger partial charge in [0.05, 0.1) is 0 Å². The molecule has 0 saturated carbocycles. The third-order valence-corrected chi connectivity index (χ3v) is 2.88. The zero-order valence-electron chi connectivity index (χ0n) is 11.7. The summed E-state index contributed by atoms with van der Waals surface area (Å²) >= 11 is 0. The normalized spacial score (nSPS) is 11.3. The first-order chi connectivity index (χ1) is 7.95. The number of hydrogen-bond donors (Lipinski definition) is 1. The standard InChI is InChI=1S/C14H25N3/c1-10(2)9-17(11(3)4)14-7-6-13(8-15)12(5)16-14/h6-7,10-11H,8-9,15H2,1-5H3. The molecule has 0 aromatic carbocycles. The lowest BCUT2D eigenvalue weighted by atomic mass is 10.1. The van der Waals surface area contributed by atoms with Crippen LogP contribution in [0.2, 0.25) is 0 Å². The van der Waals surface area contributed by atoms with Crippen molar-refractivity contribution in [2.75, 3.05) is 11.4 Å². The van der Waals surface area contributed by atoms with Crippen molar-refractivity contribution in [2.45, 2.75) is 47.2 Å². The molecule has 3 nitrogen and oxygen atoms in total. The van der Waals surface area contributed by atoms with Gasteiger partial charge in [-0.1, -0.05) is 19.9 Å². The van der Waals surface area contributed by atoms with E-state index in [1.165, 1.54) is 0 Å². The van der Waals surface area contributed by atoms with Gasteiger partial charge in [0, 0.05) is 24.8 Å². The van der Waals surface area contributed by atoms with E-state index in [2.05, 4.69) is 49.7 Å². The first-order valence-electron chi connectivity index (χ1n) is 6.39. The minimum atomic E-state index is 0.466. The number of nitrogens with two attached hydrogens (primary N) is 1. The molecule has 0 aliphatic carbocycles. The van der Waals surface area contributed by atoms with Gasteiger partial charge in [0.1, 0.15) is 5.82 Å². The van der Waals surface area contributed by atoms with Crippen LogP contribution in [0.25, 0.3) is 0 Å². The smallest absolute Gasteiger partial charge is 0.129 e. The summed E-state index contributed by atoms with van der Waals surface area (Å²) in [5.74, 6) is 1.69. The number of aryl methyl sites for hydroxylation is 1. The van der Waals surface area contributed by atoms with Gasteiger partial charge < -0.3 is 10.6 Å². The predicted octanol–water partition coefficient (Wildman–Crippen LogP) is 2.72. The highest BCUT2D eigenvalue weighted by molar-refractivity contribution is 5.42. The van der Waals surface area contributed by atoms with E-state index in [4.69, 9.17) is 5.73 Å². The van der Waals surface area contributed by atoms with Crippen molar-refractivity contribution in [1.82, 2.24) is 4.98 Å². The molecule has 0 atom stereocenters. The van der Waals surface area contributed by atoms with Gasteiger partial charge >= 0.3 is 0 Å². The van der Waals surface area contributed by atoms with Gasteiger partial charge in [-0.05, 0) is 38.3 Å². The van der Waals surface area contributed by atoms with Gasteiger partial charge in [-0.2, -0.15) is 0 Å². The largest absolute Gasteiger partial charge is 0.354 e. The quantitative estimate of drug-likeness (QED) is 0.853.